The number of rotatable bonds is 1. The van der Waals surface area contributed by atoms with E-state index in [0.29, 0.717) is 0 Å². The second-order valence-corrected chi connectivity index (χ2v) is 5.37. The molecule has 0 spiro atoms. The summed E-state index contributed by atoms with van der Waals surface area (Å²) in [6.07, 6.45) is 2.68. The number of nitrogens with zero attached hydrogens (tertiary/aromatic N) is 2. The summed E-state index contributed by atoms with van der Waals surface area (Å²) in [6, 6.07) is 10.5. The molecule has 2 aromatic rings. The number of aryl methyl sites for hydroxylation is 1. The van der Waals surface area contributed by atoms with Crippen LogP contribution in [0.2, 0.25) is 0 Å². The Labute approximate surface area is 113 Å². The molecule has 1 aliphatic heterocycles. The van der Waals surface area contributed by atoms with Crippen LogP contribution in [0.15, 0.2) is 30.3 Å². The molecule has 1 N–H and O–H groups in total. The zero-order chi connectivity index (χ0) is 13.2. The molecule has 0 amide bonds. The minimum Gasteiger partial charge on any atom is -0.393 e. The van der Waals surface area contributed by atoms with E-state index in [4.69, 9.17) is 0 Å². The maximum absolute atomic E-state index is 9.78. The summed E-state index contributed by atoms with van der Waals surface area (Å²) in [5.74, 6) is 0. The van der Waals surface area contributed by atoms with Crippen LogP contribution in [-0.4, -0.2) is 29.3 Å². The highest BCUT2D eigenvalue weighted by Crippen LogP contribution is 2.28. The molecule has 2 heterocycles. The maximum atomic E-state index is 9.78. The topological polar surface area (TPSA) is 36.4 Å². The van der Waals surface area contributed by atoms with E-state index in [0.717, 1.165) is 43.6 Å². The van der Waals surface area contributed by atoms with Gasteiger partial charge in [-0.1, -0.05) is 18.2 Å². The molecule has 3 nitrogen and oxygen atoms in total. The third-order valence-electron chi connectivity index (χ3n) is 3.86. The summed E-state index contributed by atoms with van der Waals surface area (Å²) in [4.78, 5) is 6.99. The van der Waals surface area contributed by atoms with E-state index in [1.807, 2.05) is 13.0 Å². The number of anilines is 1. The Morgan fingerprint density at radius 2 is 2.05 bits per heavy atom. The van der Waals surface area contributed by atoms with Crippen molar-refractivity contribution in [1.29, 1.82) is 0 Å². The number of pyridine rings is 1. The van der Waals surface area contributed by atoms with Gasteiger partial charge in [-0.2, -0.15) is 0 Å². The normalized spacial score (nSPS) is 20.5. The summed E-state index contributed by atoms with van der Waals surface area (Å²) in [5.41, 5.74) is 3.37. The van der Waals surface area contributed by atoms with Crippen LogP contribution in [0.3, 0.4) is 0 Å². The molecule has 0 radical (unpaired) electrons. The first kappa shape index (κ1) is 12.4. The fourth-order valence-electron chi connectivity index (χ4n) is 2.87. The molecule has 100 valence electrons. The predicted octanol–water partition coefficient (Wildman–Crippen LogP) is 2.89. The van der Waals surface area contributed by atoms with Crippen LogP contribution in [-0.2, 0) is 0 Å². The molecule has 3 rings (SSSR count). The molecule has 0 aliphatic carbocycles. The first-order chi connectivity index (χ1) is 9.24. The Hall–Kier alpha value is -1.61. The second kappa shape index (κ2) is 5.17. The fourth-order valence-corrected chi connectivity index (χ4v) is 2.87. The molecular weight excluding hydrogens is 236 g/mol. The first-order valence-corrected chi connectivity index (χ1v) is 7.03. The van der Waals surface area contributed by atoms with Crippen molar-refractivity contribution in [3.63, 3.8) is 0 Å². The quantitative estimate of drug-likeness (QED) is 0.852. The van der Waals surface area contributed by atoms with Crippen LogP contribution in [0.1, 0.15) is 25.0 Å². The molecule has 1 atom stereocenters. The smallest absolute Gasteiger partial charge is 0.0726 e. The number of para-hydroxylation sites is 1. The monoisotopic (exact) mass is 256 g/mol. The van der Waals surface area contributed by atoms with Gasteiger partial charge in [0.1, 0.15) is 0 Å². The Morgan fingerprint density at radius 1 is 1.21 bits per heavy atom. The van der Waals surface area contributed by atoms with Crippen LogP contribution in [0.25, 0.3) is 10.9 Å². The highest BCUT2D eigenvalue weighted by atomic mass is 16.3. The molecule has 1 aromatic carbocycles. The Morgan fingerprint density at radius 3 is 2.95 bits per heavy atom. The molecule has 1 aromatic heterocycles. The van der Waals surface area contributed by atoms with Gasteiger partial charge in [0.2, 0.25) is 0 Å². The van der Waals surface area contributed by atoms with E-state index in [1.165, 1.54) is 11.1 Å². The van der Waals surface area contributed by atoms with Gasteiger partial charge in [0.25, 0.3) is 0 Å². The van der Waals surface area contributed by atoms with Crippen LogP contribution >= 0.6 is 0 Å². The van der Waals surface area contributed by atoms with Crippen molar-refractivity contribution in [3.05, 3.63) is 36.0 Å². The summed E-state index contributed by atoms with van der Waals surface area (Å²) < 4.78 is 0. The largest absolute Gasteiger partial charge is 0.393 e. The summed E-state index contributed by atoms with van der Waals surface area (Å²) in [5, 5.41) is 11.0. The lowest BCUT2D eigenvalue weighted by molar-refractivity contribution is 0.161. The fraction of sp³-hybridized carbons (Fsp3) is 0.438. The predicted molar refractivity (Wildman–Crippen MR) is 78.6 cm³/mol. The zero-order valence-corrected chi connectivity index (χ0v) is 11.3. The van der Waals surface area contributed by atoms with Crippen molar-refractivity contribution in [2.24, 2.45) is 0 Å². The number of hydrogen-bond donors (Lipinski definition) is 1. The van der Waals surface area contributed by atoms with E-state index >= 15 is 0 Å². The van der Waals surface area contributed by atoms with Gasteiger partial charge >= 0.3 is 0 Å². The van der Waals surface area contributed by atoms with E-state index in [-0.39, 0.29) is 6.10 Å². The number of fused-ring (bicyclic) bond motifs is 1. The van der Waals surface area contributed by atoms with E-state index < -0.39 is 0 Å². The lowest BCUT2D eigenvalue weighted by Crippen LogP contribution is -2.25. The number of aromatic nitrogens is 1. The Balaban J connectivity index is 2.03. The van der Waals surface area contributed by atoms with Gasteiger partial charge in [0, 0.05) is 29.9 Å². The van der Waals surface area contributed by atoms with E-state index in [9.17, 15) is 5.11 Å². The number of aliphatic hydroxyl groups is 1. The number of aliphatic hydroxyl groups excluding tert-OH is 1. The van der Waals surface area contributed by atoms with Crippen molar-refractivity contribution in [2.45, 2.75) is 32.3 Å². The third-order valence-corrected chi connectivity index (χ3v) is 3.86. The van der Waals surface area contributed by atoms with Crippen LogP contribution in [0.5, 0.6) is 0 Å². The van der Waals surface area contributed by atoms with Crippen molar-refractivity contribution < 1.29 is 5.11 Å². The molecule has 1 saturated heterocycles. The van der Waals surface area contributed by atoms with Gasteiger partial charge < -0.3 is 10.0 Å². The van der Waals surface area contributed by atoms with Gasteiger partial charge in [-0.05, 0) is 38.3 Å². The molecule has 1 aliphatic rings. The van der Waals surface area contributed by atoms with Gasteiger partial charge in [-0.3, -0.25) is 4.98 Å². The molecule has 0 saturated carbocycles. The lowest BCUT2D eigenvalue weighted by atomic mass is 10.1. The summed E-state index contributed by atoms with van der Waals surface area (Å²) in [7, 11) is 0. The average molecular weight is 256 g/mol. The summed E-state index contributed by atoms with van der Waals surface area (Å²) in [6.45, 7) is 3.99. The van der Waals surface area contributed by atoms with Crippen LogP contribution in [0, 0.1) is 6.92 Å². The van der Waals surface area contributed by atoms with Crippen LogP contribution < -0.4 is 4.90 Å². The second-order valence-electron chi connectivity index (χ2n) is 5.37. The van der Waals surface area contributed by atoms with E-state index in [1.54, 1.807) is 0 Å². The maximum Gasteiger partial charge on any atom is 0.0726 e. The highest BCUT2D eigenvalue weighted by Gasteiger charge is 2.17. The summed E-state index contributed by atoms with van der Waals surface area (Å²) >= 11 is 0. The van der Waals surface area contributed by atoms with Crippen LogP contribution in [0.4, 0.5) is 5.69 Å². The minimum atomic E-state index is -0.140. The molecule has 1 fully saturated rings. The average Bonchev–Trinajstić information content (AvgIpc) is 2.62. The molecule has 1 unspecified atom stereocenters. The highest BCUT2D eigenvalue weighted by molar-refractivity contribution is 5.91. The molecule has 0 bridgehead atoms. The first-order valence-electron chi connectivity index (χ1n) is 7.03. The van der Waals surface area contributed by atoms with Crippen molar-refractivity contribution in [3.8, 4) is 0 Å². The van der Waals surface area contributed by atoms with Gasteiger partial charge in [0.15, 0.2) is 0 Å². The minimum absolute atomic E-state index is 0.140. The van der Waals surface area contributed by atoms with Crippen molar-refractivity contribution >= 4 is 16.6 Å². The Bertz CT molecular complexity index is 582. The van der Waals surface area contributed by atoms with Gasteiger partial charge in [-0.15, -0.1) is 0 Å². The van der Waals surface area contributed by atoms with Crippen molar-refractivity contribution in [1.82, 2.24) is 4.98 Å². The zero-order valence-electron chi connectivity index (χ0n) is 11.3. The molecule has 3 heteroatoms. The molecule has 19 heavy (non-hydrogen) atoms. The standard InChI is InChI=1S/C16H20N2O/c1-12-11-16(14-6-2-3-7-15(14)17-12)18-9-4-5-13(19)8-10-18/h2-3,6-7,11,13,19H,4-5,8-10H2,1H3. The molecular formula is C16H20N2O. The number of benzene rings is 1. The van der Waals surface area contributed by atoms with E-state index in [2.05, 4.69) is 34.1 Å². The van der Waals surface area contributed by atoms with Gasteiger partial charge in [-0.25, -0.2) is 0 Å². The lowest BCUT2D eigenvalue weighted by Gasteiger charge is -2.24. The number of hydrogen-bond acceptors (Lipinski definition) is 3. The van der Waals surface area contributed by atoms with Crippen molar-refractivity contribution in [2.75, 3.05) is 18.0 Å². The SMILES string of the molecule is Cc1cc(N2CCCC(O)CC2)c2ccccc2n1. The third kappa shape index (κ3) is 2.56. The van der Waals surface area contributed by atoms with Gasteiger partial charge in [0.05, 0.1) is 11.6 Å². The Kier molecular flexibility index (Phi) is 3.38.